The molecule has 0 aromatic heterocycles. The van der Waals surface area contributed by atoms with Crippen LogP contribution in [0.3, 0.4) is 0 Å². The maximum Gasteiger partial charge on any atom is 0.123 e. The third-order valence-electron chi connectivity index (χ3n) is 4.93. The van der Waals surface area contributed by atoms with Crippen LogP contribution in [0.4, 0.5) is 0 Å². The molecule has 0 aliphatic carbocycles. The Labute approximate surface area is 171 Å². The molecule has 0 aliphatic heterocycles. The predicted octanol–water partition coefficient (Wildman–Crippen LogP) is 2.92. The molecule has 0 spiro atoms. The SMILES string of the molecule is COc1cc(CNCCCCCCN)c(OC)cc1CNCCCCCCN. The zero-order valence-electron chi connectivity index (χ0n) is 18.0. The van der Waals surface area contributed by atoms with Gasteiger partial charge in [0, 0.05) is 24.2 Å². The highest BCUT2D eigenvalue weighted by molar-refractivity contribution is 5.46. The van der Waals surface area contributed by atoms with Gasteiger partial charge in [-0.05, 0) is 64.0 Å². The highest BCUT2D eigenvalue weighted by Gasteiger charge is 2.11. The first-order chi connectivity index (χ1) is 13.8. The molecule has 28 heavy (non-hydrogen) atoms. The summed E-state index contributed by atoms with van der Waals surface area (Å²) < 4.78 is 11.2. The van der Waals surface area contributed by atoms with Gasteiger partial charge < -0.3 is 31.6 Å². The molecule has 0 unspecified atom stereocenters. The third-order valence-corrected chi connectivity index (χ3v) is 4.93. The number of nitrogens with one attached hydrogen (secondary N) is 2. The highest BCUT2D eigenvalue weighted by Crippen LogP contribution is 2.29. The van der Waals surface area contributed by atoms with Gasteiger partial charge in [-0.3, -0.25) is 0 Å². The standard InChI is InChI=1S/C22H42N4O2/c1-27-21-15-20(18-26-14-10-6-4-8-12-24)22(28-2)16-19(21)17-25-13-9-5-3-7-11-23/h15-16,25-26H,3-14,17-18,23-24H2,1-2H3. The molecule has 6 heteroatoms. The van der Waals surface area contributed by atoms with E-state index in [1.165, 1.54) is 38.5 Å². The van der Waals surface area contributed by atoms with Crippen LogP contribution >= 0.6 is 0 Å². The molecular formula is C22H42N4O2. The van der Waals surface area contributed by atoms with E-state index in [0.717, 1.165) is 74.7 Å². The van der Waals surface area contributed by atoms with Gasteiger partial charge >= 0.3 is 0 Å². The molecule has 0 fully saturated rings. The predicted molar refractivity (Wildman–Crippen MR) is 118 cm³/mol. The van der Waals surface area contributed by atoms with Crippen LogP contribution in [0.15, 0.2) is 12.1 Å². The van der Waals surface area contributed by atoms with Crippen molar-refractivity contribution in [1.29, 1.82) is 0 Å². The molecular weight excluding hydrogens is 352 g/mol. The van der Waals surface area contributed by atoms with Gasteiger partial charge in [0.1, 0.15) is 11.5 Å². The lowest BCUT2D eigenvalue weighted by Crippen LogP contribution is -2.17. The molecule has 162 valence electrons. The van der Waals surface area contributed by atoms with Crippen LogP contribution in [0.25, 0.3) is 0 Å². The van der Waals surface area contributed by atoms with E-state index < -0.39 is 0 Å². The van der Waals surface area contributed by atoms with Crippen LogP contribution in [0.5, 0.6) is 11.5 Å². The van der Waals surface area contributed by atoms with Crippen LogP contribution in [0.1, 0.15) is 62.5 Å². The van der Waals surface area contributed by atoms with Crippen LogP contribution in [0, 0.1) is 0 Å². The molecule has 0 heterocycles. The van der Waals surface area contributed by atoms with Gasteiger partial charge in [-0.1, -0.05) is 25.7 Å². The molecule has 0 amide bonds. The van der Waals surface area contributed by atoms with Crippen molar-refractivity contribution in [2.45, 2.75) is 64.5 Å². The number of rotatable bonds is 18. The van der Waals surface area contributed by atoms with E-state index in [-0.39, 0.29) is 0 Å². The number of benzene rings is 1. The lowest BCUT2D eigenvalue weighted by Gasteiger charge is -2.16. The Morgan fingerprint density at radius 3 is 1.39 bits per heavy atom. The first kappa shape index (κ1) is 24.7. The molecule has 1 aromatic carbocycles. The Hall–Kier alpha value is -1.34. The molecule has 6 nitrogen and oxygen atoms in total. The topological polar surface area (TPSA) is 94.6 Å². The number of hydrogen-bond donors (Lipinski definition) is 4. The maximum atomic E-state index is 5.62. The zero-order chi connectivity index (χ0) is 20.5. The third kappa shape index (κ3) is 10.3. The molecule has 0 saturated carbocycles. The smallest absolute Gasteiger partial charge is 0.123 e. The van der Waals surface area contributed by atoms with Crippen LogP contribution in [0.2, 0.25) is 0 Å². The molecule has 6 N–H and O–H groups in total. The summed E-state index contributed by atoms with van der Waals surface area (Å²) >= 11 is 0. The summed E-state index contributed by atoms with van der Waals surface area (Å²) in [5, 5.41) is 7.02. The summed E-state index contributed by atoms with van der Waals surface area (Å²) in [5.41, 5.74) is 13.3. The van der Waals surface area contributed by atoms with Crippen molar-refractivity contribution in [2.75, 3.05) is 40.4 Å². The van der Waals surface area contributed by atoms with Gasteiger partial charge in [-0.15, -0.1) is 0 Å². The van der Waals surface area contributed by atoms with Crippen LogP contribution in [-0.2, 0) is 13.1 Å². The second-order valence-corrected chi connectivity index (χ2v) is 7.24. The van der Waals surface area contributed by atoms with Gasteiger partial charge in [0.15, 0.2) is 0 Å². The summed E-state index contributed by atoms with van der Waals surface area (Å²) in [6.45, 7) is 5.16. The first-order valence-corrected chi connectivity index (χ1v) is 10.8. The number of nitrogens with two attached hydrogens (primary N) is 2. The Balaban J connectivity index is 2.46. The molecule has 0 bridgehead atoms. The minimum atomic E-state index is 0.783. The number of hydrogen-bond acceptors (Lipinski definition) is 6. The fourth-order valence-electron chi connectivity index (χ4n) is 3.24. The summed E-state index contributed by atoms with van der Waals surface area (Å²) in [5.74, 6) is 1.83. The number of unbranched alkanes of at least 4 members (excludes halogenated alkanes) is 6. The van der Waals surface area contributed by atoms with Gasteiger partial charge in [0.2, 0.25) is 0 Å². The summed E-state index contributed by atoms with van der Waals surface area (Å²) in [6.07, 6.45) is 9.46. The van der Waals surface area contributed by atoms with Crippen LogP contribution in [-0.4, -0.2) is 40.4 Å². The highest BCUT2D eigenvalue weighted by atomic mass is 16.5. The quantitative estimate of drug-likeness (QED) is 0.286. The van der Waals surface area contributed by atoms with Crippen molar-refractivity contribution in [2.24, 2.45) is 11.5 Å². The maximum absolute atomic E-state index is 5.62. The number of ether oxygens (including phenoxy) is 2. The van der Waals surface area contributed by atoms with Gasteiger partial charge in [-0.25, -0.2) is 0 Å². The monoisotopic (exact) mass is 394 g/mol. The normalized spacial score (nSPS) is 11.0. The fraction of sp³-hybridized carbons (Fsp3) is 0.727. The summed E-state index contributed by atoms with van der Waals surface area (Å²) in [7, 11) is 3.46. The van der Waals surface area contributed by atoms with E-state index in [0.29, 0.717) is 0 Å². The molecule has 1 aromatic rings. The van der Waals surface area contributed by atoms with Gasteiger partial charge in [-0.2, -0.15) is 0 Å². The van der Waals surface area contributed by atoms with Crippen molar-refractivity contribution in [3.8, 4) is 11.5 Å². The number of methoxy groups -OCH3 is 2. The Bertz CT molecular complexity index is 466. The van der Waals surface area contributed by atoms with Gasteiger partial charge in [0.05, 0.1) is 14.2 Å². The average Bonchev–Trinajstić information content (AvgIpc) is 2.72. The van der Waals surface area contributed by atoms with E-state index in [4.69, 9.17) is 20.9 Å². The lowest BCUT2D eigenvalue weighted by atomic mass is 10.1. The first-order valence-electron chi connectivity index (χ1n) is 10.8. The Morgan fingerprint density at radius 1 is 0.643 bits per heavy atom. The molecule has 1 rings (SSSR count). The largest absolute Gasteiger partial charge is 0.496 e. The van der Waals surface area contributed by atoms with E-state index in [1.54, 1.807) is 14.2 Å². The second kappa shape index (κ2) is 16.6. The van der Waals surface area contributed by atoms with Crippen molar-refractivity contribution in [3.05, 3.63) is 23.3 Å². The fourth-order valence-corrected chi connectivity index (χ4v) is 3.24. The molecule has 0 atom stereocenters. The Kier molecular flexibility index (Phi) is 14.6. The van der Waals surface area contributed by atoms with Gasteiger partial charge in [0.25, 0.3) is 0 Å². The minimum absolute atomic E-state index is 0.783. The molecule has 0 aliphatic rings. The zero-order valence-corrected chi connectivity index (χ0v) is 18.0. The minimum Gasteiger partial charge on any atom is -0.496 e. The van der Waals surface area contributed by atoms with Crippen molar-refractivity contribution in [3.63, 3.8) is 0 Å². The second-order valence-electron chi connectivity index (χ2n) is 7.24. The van der Waals surface area contributed by atoms with E-state index in [9.17, 15) is 0 Å². The molecule has 0 saturated heterocycles. The van der Waals surface area contributed by atoms with Crippen molar-refractivity contribution in [1.82, 2.24) is 10.6 Å². The summed E-state index contributed by atoms with van der Waals surface area (Å²) in [6, 6.07) is 4.19. The van der Waals surface area contributed by atoms with E-state index >= 15 is 0 Å². The Morgan fingerprint density at radius 2 is 1.04 bits per heavy atom. The lowest BCUT2D eigenvalue weighted by molar-refractivity contribution is 0.391. The average molecular weight is 395 g/mol. The summed E-state index contributed by atoms with van der Waals surface area (Å²) in [4.78, 5) is 0. The molecule has 0 radical (unpaired) electrons. The van der Waals surface area contributed by atoms with E-state index in [1.807, 2.05) is 0 Å². The van der Waals surface area contributed by atoms with E-state index in [2.05, 4.69) is 22.8 Å². The van der Waals surface area contributed by atoms with Crippen LogP contribution < -0.4 is 31.6 Å². The van der Waals surface area contributed by atoms with Crippen molar-refractivity contribution < 1.29 is 9.47 Å². The van der Waals surface area contributed by atoms with Crippen molar-refractivity contribution >= 4 is 0 Å².